The van der Waals surface area contributed by atoms with E-state index in [0.29, 0.717) is 12.1 Å². The van der Waals surface area contributed by atoms with E-state index in [2.05, 4.69) is 15.7 Å². The molecule has 1 aromatic rings. The van der Waals surface area contributed by atoms with Crippen LogP contribution in [0.3, 0.4) is 0 Å². The first-order chi connectivity index (χ1) is 9.54. The molecule has 1 aromatic heterocycles. The number of carbonyl (C=O) groups is 2. The van der Waals surface area contributed by atoms with Crippen LogP contribution in [0.15, 0.2) is 12.4 Å². The Labute approximate surface area is 122 Å². The highest BCUT2D eigenvalue weighted by Crippen LogP contribution is 2.11. The summed E-state index contributed by atoms with van der Waals surface area (Å²) in [5.74, 6) is -0.0629. The molecule has 0 aliphatic heterocycles. The maximum atomic E-state index is 11.7. The second-order valence-corrected chi connectivity index (χ2v) is 5.30. The molecule has 1 atom stereocenters. The molecule has 0 bridgehead atoms. The van der Waals surface area contributed by atoms with Crippen molar-refractivity contribution in [3.63, 3.8) is 0 Å². The van der Waals surface area contributed by atoms with E-state index in [1.54, 1.807) is 25.0 Å². The zero-order valence-corrected chi connectivity index (χ0v) is 12.4. The minimum atomic E-state index is -1.12. The van der Waals surface area contributed by atoms with Crippen LogP contribution in [0.5, 0.6) is 0 Å². The summed E-state index contributed by atoms with van der Waals surface area (Å²) < 4.78 is 1.49. The van der Waals surface area contributed by atoms with E-state index in [9.17, 15) is 9.59 Å². The van der Waals surface area contributed by atoms with Crippen LogP contribution >= 0.6 is 11.8 Å². The highest BCUT2D eigenvalue weighted by Gasteiger charge is 2.23. The third-order valence-electron chi connectivity index (χ3n) is 2.64. The van der Waals surface area contributed by atoms with Crippen LogP contribution in [0, 0.1) is 0 Å². The van der Waals surface area contributed by atoms with Gasteiger partial charge in [-0.25, -0.2) is 9.59 Å². The van der Waals surface area contributed by atoms with Crippen molar-refractivity contribution >= 4 is 23.8 Å². The lowest BCUT2D eigenvalue weighted by Crippen LogP contribution is -2.41. The lowest BCUT2D eigenvalue weighted by molar-refractivity contribution is -0.139. The number of amides is 2. The standard InChI is InChI=1S/C12H20N4O3S/c1-16-8-9(7-14-16)10(11(17)18)15-12(19)13-5-3-4-6-20-2/h7-8,10H,3-6H2,1-2H3,(H,17,18)(H2,13,15,19). The van der Waals surface area contributed by atoms with Gasteiger partial charge in [0.15, 0.2) is 6.04 Å². The Kier molecular flexibility index (Phi) is 6.92. The van der Waals surface area contributed by atoms with E-state index in [1.807, 2.05) is 6.26 Å². The molecule has 0 fully saturated rings. The average molecular weight is 300 g/mol. The Hall–Kier alpha value is -1.70. The number of hydrogen-bond acceptors (Lipinski definition) is 4. The van der Waals surface area contributed by atoms with Gasteiger partial charge < -0.3 is 15.7 Å². The molecule has 8 heteroatoms. The summed E-state index contributed by atoms with van der Waals surface area (Å²) in [5, 5.41) is 18.1. The van der Waals surface area contributed by atoms with E-state index in [4.69, 9.17) is 5.11 Å². The maximum absolute atomic E-state index is 11.7. The first kappa shape index (κ1) is 16.4. The predicted octanol–water partition coefficient (Wildman–Crippen LogP) is 0.988. The quantitative estimate of drug-likeness (QED) is 0.622. The third kappa shape index (κ3) is 5.52. The summed E-state index contributed by atoms with van der Waals surface area (Å²) in [6, 6.07) is -1.57. The zero-order chi connectivity index (χ0) is 15.0. The Bertz CT molecular complexity index is 450. The maximum Gasteiger partial charge on any atom is 0.331 e. The normalized spacial score (nSPS) is 11.9. The minimum absolute atomic E-state index is 0.442. The van der Waals surface area contributed by atoms with Gasteiger partial charge in [-0.15, -0.1) is 0 Å². The second-order valence-electron chi connectivity index (χ2n) is 4.32. The summed E-state index contributed by atoms with van der Waals surface area (Å²) >= 11 is 1.76. The molecule has 112 valence electrons. The van der Waals surface area contributed by atoms with Gasteiger partial charge in [0, 0.05) is 25.4 Å². The highest BCUT2D eigenvalue weighted by atomic mass is 32.2. The topological polar surface area (TPSA) is 96.2 Å². The van der Waals surface area contributed by atoms with Crippen molar-refractivity contribution in [1.29, 1.82) is 0 Å². The molecule has 0 aromatic carbocycles. The number of aromatic nitrogens is 2. The van der Waals surface area contributed by atoms with Crippen LogP contribution in [0.4, 0.5) is 4.79 Å². The van der Waals surface area contributed by atoms with Crippen LogP contribution < -0.4 is 10.6 Å². The van der Waals surface area contributed by atoms with Gasteiger partial charge in [-0.05, 0) is 24.9 Å². The van der Waals surface area contributed by atoms with Gasteiger partial charge in [0.2, 0.25) is 0 Å². The second kappa shape index (κ2) is 8.47. The van der Waals surface area contributed by atoms with E-state index in [0.717, 1.165) is 18.6 Å². The zero-order valence-electron chi connectivity index (χ0n) is 11.6. The molecule has 1 rings (SSSR count). The van der Waals surface area contributed by atoms with Crippen molar-refractivity contribution in [1.82, 2.24) is 20.4 Å². The number of rotatable bonds is 8. The first-order valence-electron chi connectivity index (χ1n) is 6.29. The molecule has 1 heterocycles. The molecular weight excluding hydrogens is 280 g/mol. The van der Waals surface area contributed by atoms with Crippen molar-refractivity contribution in [2.24, 2.45) is 7.05 Å². The molecule has 20 heavy (non-hydrogen) atoms. The number of aryl methyl sites for hydroxylation is 1. The first-order valence-corrected chi connectivity index (χ1v) is 7.68. The molecule has 3 N–H and O–H groups in total. The van der Waals surface area contributed by atoms with E-state index in [-0.39, 0.29) is 0 Å². The largest absolute Gasteiger partial charge is 0.479 e. The fraction of sp³-hybridized carbons (Fsp3) is 0.583. The van der Waals surface area contributed by atoms with Crippen molar-refractivity contribution < 1.29 is 14.7 Å². The highest BCUT2D eigenvalue weighted by molar-refractivity contribution is 7.98. The predicted molar refractivity (Wildman–Crippen MR) is 77.7 cm³/mol. The van der Waals surface area contributed by atoms with Crippen LogP contribution in [0.25, 0.3) is 0 Å². The summed E-state index contributed by atoms with van der Waals surface area (Å²) in [4.78, 5) is 22.8. The van der Waals surface area contributed by atoms with Crippen molar-refractivity contribution in [2.45, 2.75) is 18.9 Å². The van der Waals surface area contributed by atoms with Gasteiger partial charge in [-0.2, -0.15) is 16.9 Å². The van der Waals surface area contributed by atoms with Gasteiger partial charge in [-0.1, -0.05) is 0 Å². The summed E-state index contributed by atoms with van der Waals surface area (Å²) in [7, 11) is 1.69. The lowest BCUT2D eigenvalue weighted by Gasteiger charge is -2.13. The van der Waals surface area contributed by atoms with E-state index < -0.39 is 18.0 Å². The molecule has 1 unspecified atom stereocenters. The van der Waals surface area contributed by atoms with Crippen LogP contribution in [-0.2, 0) is 11.8 Å². The molecule has 0 saturated carbocycles. The van der Waals surface area contributed by atoms with Crippen molar-refractivity contribution in [3.05, 3.63) is 18.0 Å². The van der Waals surface area contributed by atoms with Gasteiger partial charge in [0.1, 0.15) is 0 Å². The number of nitrogens with zero attached hydrogens (tertiary/aromatic N) is 2. The number of thioether (sulfide) groups is 1. The molecule has 7 nitrogen and oxygen atoms in total. The number of carboxylic acids is 1. The number of carbonyl (C=O) groups excluding carboxylic acids is 1. The number of urea groups is 1. The number of hydrogen-bond donors (Lipinski definition) is 3. The fourth-order valence-electron chi connectivity index (χ4n) is 1.63. The monoisotopic (exact) mass is 300 g/mol. The van der Waals surface area contributed by atoms with E-state index in [1.165, 1.54) is 10.9 Å². The van der Waals surface area contributed by atoms with Crippen LogP contribution in [-0.4, -0.2) is 45.4 Å². The third-order valence-corrected chi connectivity index (χ3v) is 3.34. The molecule has 0 aliphatic carbocycles. The summed E-state index contributed by atoms with van der Waals surface area (Å²) in [6.07, 6.45) is 6.92. The minimum Gasteiger partial charge on any atom is -0.479 e. The van der Waals surface area contributed by atoms with Gasteiger partial charge in [0.05, 0.1) is 6.20 Å². The fourth-order valence-corrected chi connectivity index (χ4v) is 2.13. The lowest BCUT2D eigenvalue weighted by atomic mass is 10.1. The Morgan fingerprint density at radius 1 is 1.50 bits per heavy atom. The Balaban J connectivity index is 2.42. The molecule has 0 spiro atoms. The summed E-state index contributed by atoms with van der Waals surface area (Å²) in [6.45, 7) is 0.534. The smallest absolute Gasteiger partial charge is 0.331 e. The van der Waals surface area contributed by atoms with E-state index >= 15 is 0 Å². The van der Waals surface area contributed by atoms with Crippen LogP contribution in [0.1, 0.15) is 24.4 Å². The number of unbranched alkanes of at least 4 members (excludes halogenated alkanes) is 1. The molecule has 0 radical (unpaired) electrons. The SMILES string of the molecule is CSCCCCNC(=O)NC(C(=O)O)c1cnn(C)c1. The molecule has 0 aliphatic rings. The summed E-state index contributed by atoms with van der Waals surface area (Å²) in [5.41, 5.74) is 0.442. The van der Waals surface area contributed by atoms with Gasteiger partial charge in [-0.3, -0.25) is 4.68 Å². The average Bonchev–Trinajstić information content (AvgIpc) is 2.81. The number of nitrogens with one attached hydrogen (secondary N) is 2. The number of aliphatic carboxylic acids is 1. The Morgan fingerprint density at radius 2 is 2.25 bits per heavy atom. The van der Waals surface area contributed by atoms with Gasteiger partial charge in [0.25, 0.3) is 0 Å². The van der Waals surface area contributed by atoms with Crippen molar-refractivity contribution in [2.75, 3.05) is 18.6 Å². The van der Waals surface area contributed by atoms with Crippen LogP contribution in [0.2, 0.25) is 0 Å². The van der Waals surface area contributed by atoms with Crippen molar-refractivity contribution in [3.8, 4) is 0 Å². The van der Waals surface area contributed by atoms with Gasteiger partial charge >= 0.3 is 12.0 Å². The molecule has 2 amide bonds. The Morgan fingerprint density at radius 3 is 2.80 bits per heavy atom. The molecular formula is C12H20N4O3S. The number of carboxylic acid groups (broad SMARTS) is 1. The molecule has 0 saturated heterocycles.